The number of fused-ring (bicyclic) bond motifs is 1. The van der Waals surface area contributed by atoms with Crippen molar-refractivity contribution >= 4 is 10.9 Å². The minimum Gasteiger partial charge on any atom is -0.312 e. The first kappa shape index (κ1) is 15.2. The molecule has 2 aromatic carbocycles. The Morgan fingerprint density at radius 2 is 1.80 bits per heavy atom. The number of hydrogen-bond acceptors (Lipinski definition) is 2. The fraction of sp³-hybridized carbons (Fsp3) is 0.0909. The van der Waals surface area contributed by atoms with E-state index >= 15 is 0 Å². The van der Waals surface area contributed by atoms with Gasteiger partial charge in [0.2, 0.25) is 0 Å². The Kier molecular flexibility index (Phi) is 3.59. The van der Waals surface area contributed by atoms with Crippen molar-refractivity contribution in [3.05, 3.63) is 83.8 Å². The Morgan fingerprint density at radius 3 is 2.60 bits per heavy atom. The van der Waals surface area contributed by atoms with Crippen LogP contribution < -0.4 is 0 Å². The van der Waals surface area contributed by atoms with Crippen LogP contribution >= 0.6 is 0 Å². The SMILES string of the molecule is Cc1ccncc1-n1c(C)cc2cc(-c3cccc(C#N)c3)ccc21. The number of hydrogen-bond donors (Lipinski definition) is 0. The molecule has 0 amide bonds. The Morgan fingerprint density at radius 1 is 0.960 bits per heavy atom. The van der Waals surface area contributed by atoms with Gasteiger partial charge < -0.3 is 4.57 Å². The van der Waals surface area contributed by atoms with Gasteiger partial charge in [-0.05, 0) is 66.9 Å². The quantitative estimate of drug-likeness (QED) is 0.510. The van der Waals surface area contributed by atoms with Gasteiger partial charge in [-0.3, -0.25) is 4.98 Å². The van der Waals surface area contributed by atoms with Crippen molar-refractivity contribution in [1.29, 1.82) is 5.26 Å². The van der Waals surface area contributed by atoms with Gasteiger partial charge in [-0.2, -0.15) is 5.26 Å². The summed E-state index contributed by atoms with van der Waals surface area (Å²) in [6, 6.07) is 20.6. The molecule has 120 valence electrons. The predicted octanol–water partition coefficient (Wildman–Crippen LogP) is 5.18. The Balaban J connectivity index is 1.89. The molecule has 2 aromatic heterocycles. The molecule has 0 unspecified atom stereocenters. The fourth-order valence-corrected chi connectivity index (χ4v) is 3.31. The highest BCUT2D eigenvalue weighted by Gasteiger charge is 2.11. The zero-order chi connectivity index (χ0) is 17.4. The standard InChI is InChI=1S/C22H17N3/c1-15-8-9-24-14-22(15)25-16(2)10-20-12-19(6-7-21(20)25)18-5-3-4-17(11-18)13-23/h3-12,14H,1-2H3. The lowest BCUT2D eigenvalue weighted by molar-refractivity contribution is 1.02. The third-order valence-corrected chi connectivity index (χ3v) is 4.56. The summed E-state index contributed by atoms with van der Waals surface area (Å²) in [6.45, 7) is 4.21. The van der Waals surface area contributed by atoms with E-state index in [1.807, 2.05) is 42.7 Å². The van der Waals surface area contributed by atoms with Gasteiger partial charge in [0.25, 0.3) is 0 Å². The molecule has 3 nitrogen and oxygen atoms in total. The molecule has 0 spiro atoms. The number of nitriles is 1. The average molecular weight is 323 g/mol. The van der Waals surface area contributed by atoms with Gasteiger partial charge in [-0.1, -0.05) is 18.2 Å². The van der Waals surface area contributed by atoms with Crippen molar-refractivity contribution in [3.63, 3.8) is 0 Å². The molecule has 3 heteroatoms. The first-order valence-corrected chi connectivity index (χ1v) is 8.21. The van der Waals surface area contributed by atoms with Crippen LogP contribution in [0.1, 0.15) is 16.8 Å². The highest BCUT2D eigenvalue weighted by Crippen LogP contribution is 2.30. The molecular weight excluding hydrogens is 306 g/mol. The van der Waals surface area contributed by atoms with E-state index in [0.29, 0.717) is 5.56 Å². The molecule has 0 atom stereocenters. The lowest BCUT2D eigenvalue weighted by Gasteiger charge is -2.11. The average Bonchev–Trinajstić information content (AvgIpc) is 2.97. The van der Waals surface area contributed by atoms with E-state index in [4.69, 9.17) is 5.26 Å². The van der Waals surface area contributed by atoms with Crippen LogP contribution in [0.5, 0.6) is 0 Å². The molecule has 0 fully saturated rings. The maximum absolute atomic E-state index is 9.11. The zero-order valence-electron chi connectivity index (χ0n) is 14.2. The van der Waals surface area contributed by atoms with Gasteiger partial charge in [-0.25, -0.2) is 0 Å². The molecule has 0 saturated carbocycles. The van der Waals surface area contributed by atoms with Crippen molar-refractivity contribution < 1.29 is 0 Å². The highest BCUT2D eigenvalue weighted by atomic mass is 15.0. The third-order valence-electron chi connectivity index (χ3n) is 4.56. The predicted molar refractivity (Wildman–Crippen MR) is 101 cm³/mol. The van der Waals surface area contributed by atoms with Crippen molar-refractivity contribution in [2.75, 3.05) is 0 Å². The molecule has 4 aromatic rings. The lowest BCUT2D eigenvalue weighted by Crippen LogP contribution is -1.99. The molecule has 4 rings (SSSR count). The first-order valence-electron chi connectivity index (χ1n) is 8.21. The van der Waals surface area contributed by atoms with Crippen LogP contribution in [0.3, 0.4) is 0 Å². The van der Waals surface area contributed by atoms with Crippen LogP contribution in [0.4, 0.5) is 0 Å². The minimum absolute atomic E-state index is 0.678. The van der Waals surface area contributed by atoms with Crippen molar-refractivity contribution in [1.82, 2.24) is 9.55 Å². The maximum atomic E-state index is 9.11. The molecule has 0 aliphatic carbocycles. The summed E-state index contributed by atoms with van der Waals surface area (Å²) in [4.78, 5) is 4.28. The lowest BCUT2D eigenvalue weighted by atomic mass is 10.0. The fourth-order valence-electron chi connectivity index (χ4n) is 3.31. The van der Waals surface area contributed by atoms with Gasteiger partial charge in [0.05, 0.1) is 29.0 Å². The normalized spacial score (nSPS) is 10.8. The molecule has 0 aliphatic heterocycles. The molecular formula is C22H17N3. The molecule has 2 heterocycles. The van der Waals surface area contributed by atoms with E-state index in [0.717, 1.165) is 22.3 Å². The van der Waals surface area contributed by atoms with E-state index in [9.17, 15) is 0 Å². The summed E-state index contributed by atoms with van der Waals surface area (Å²) >= 11 is 0. The number of nitrogens with zero attached hydrogens (tertiary/aromatic N) is 3. The second-order valence-electron chi connectivity index (χ2n) is 6.25. The zero-order valence-corrected chi connectivity index (χ0v) is 14.2. The summed E-state index contributed by atoms with van der Waals surface area (Å²) in [5.41, 5.74) is 7.49. The van der Waals surface area contributed by atoms with E-state index in [2.05, 4.69) is 53.7 Å². The topological polar surface area (TPSA) is 41.6 Å². The number of pyridine rings is 1. The number of rotatable bonds is 2. The van der Waals surface area contributed by atoms with Crippen LogP contribution in [0.25, 0.3) is 27.7 Å². The molecule has 0 N–H and O–H groups in total. The Bertz CT molecular complexity index is 1130. The monoisotopic (exact) mass is 323 g/mol. The van der Waals surface area contributed by atoms with Crippen LogP contribution in [-0.4, -0.2) is 9.55 Å². The van der Waals surface area contributed by atoms with Crippen LogP contribution in [0, 0.1) is 25.2 Å². The van der Waals surface area contributed by atoms with Gasteiger partial charge in [0.1, 0.15) is 0 Å². The van der Waals surface area contributed by atoms with Crippen LogP contribution in [-0.2, 0) is 0 Å². The van der Waals surface area contributed by atoms with Gasteiger partial charge in [0, 0.05) is 17.3 Å². The van der Waals surface area contributed by atoms with Gasteiger partial charge >= 0.3 is 0 Å². The summed E-state index contributed by atoms with van der Waals surface area (Å²) in [5, 5.41) is 10.3. The Hall–Kier alpha value is -3.38. The first-order chi connectivity index (χ1) is 12.2. The summed E-state index contributed by atoms with van der Waals surface area (Å²) in [6.07, 6.45) is 3.73. The molecule has 0 saturated heterocycles. The van der Waals surface area contributed by atoms with E-state index in [1.165, 1.54) is 16.6 Å². The van der Waals surface area contributed by atoms with E-state index < -0.39 is 0 Å². The summed E-state index contributed by atoms with van der Waals surface area (Å²) in [5.74, 6) is 0. The summed E-state index contributed by atoms with van der Waals surface area (Å²) < 4.78 is 2.24. The molecule has 0 radical (unpaired) electrons. The number of aryl methyl sites for hydroxylation is 2. The van der Waals surface area contributed by atoms with E-state index in [-0.39, 0.29) is 0 Å². The maximum Gasteiger partial charge on any atom is 0.0991 e. The largest absolute Gasteiger partial charge is 0.312 e. The molecule has 25 heavy (non-hydrogen) atoms. The Labute approximate surface area is 146 Å². The second kappa shape index (κ2) is 5.92. The smallest absolute Gasteiger partial charge is 0.0991 e. The highest BCUT2D eigenvalue weighted by molar-refractivity contribution is 5.88. The minimum atomic E-state index is 0.678. The van der Waals surface area contributed by atoms with Crippen LogP contribution in [0.2, 0.25) is 0 Å². The van der Waals surface area contributed by atoms with Crippen molar-refractivity contribution in [2.45, 2.75) is 13.8 Å². The number of benzene rings is 2. The molecule has 0 bridgehead atoms. The van der Waals surface area contributed by atoms with Crippen molar-refractivity contribution in [3.8, 4) is 22.9 Å². The van der Waals surface area contributed by atoms with E-state index in [1.54, 1.807) is 0 Å². The molecule has 0 aliphatic rings. The third kappa shape index (κ3) is 2.58. The van der Waals surface area contributed by atoms with Gasteiger partial charge in [0.15, 0.2) is 0 Å². The van der Waals surface area contributed by atoms with Gasteiger partial charge in [-0.15, -0.1) is 0 Å². The van der Waals surface area contributed by atoms with Crippen LogP contribution in [0.15, 0.2) is 67.0 Å². The van der Waals surface area contributed by atoms with Crippen molar-refractivity contribution in [2.24, 2.45) is 0 Å². The summed E-state index contributed by atoms with van der Waals surface area (Å²) in [7, 11) is 0. The number of aromatic nitrogens is 2. The second-order valence-corrected chi connectivity index (χ2v) is 6.25.